The summed E-state index contributed by atoms with van der Waals surface area (Å²) in [5, 5.41) is 0. The number of hydrogen-bond donors (Lipinski definition) is 2. The molecule has 102 valence electrons. The molecule has 0 bridgehead atoms. The van der Waals surface area contributed by atoms with Crippen LogP contribution in [0.4, 0.5) is 0 Å². The lowest BCUT2D eigenvalue weighted by atomic mass is 10.0. The van der Waals surface area contributed by atoms with Crippen molar-refractivity contribution in [2.45, 2.75) is 12.5 Å². The summed E-state index contributed by atoms with van der Waals surface area (Å²) in [6, 6.07) is 5.52. The largest absolute Gasteiger partial charge is 0.469 e. The van der Waals surface area contributed by atoms with Gasteiger partial charge in [-0.15, -0.1) is 0 Å². The van der Waals surface area contributed by atoms with Crippen molar-refractivity contribution in [2.75, 3.05) is 21.2 Å². The van der Waals surface area contributed by atoms with E-state index in [0.29, 0.717) is 0 Å². The minimum Gasteiger partial charge on any atom is -0.469 e. The minimum atomic E-state index is -0.263. The second-order valence-electron chi connectivity index (χ2n) is 4.64. The number of rotatable bonds is 4. The van der Waals surface area contributed by atoms with E-state index in [2.05, 4.69) is 9.97 Å². The summed E-state index contributed by atoms with van der Waals surface area (Å²) >= 11 is 0. The second kappa shape index (κ2) is 5.27. The minimum absolute atomic E-state index is 0.0877. The molecule has 2 rings (SSSR count). The number of aromatic amines is 2. The first-order chi connectivity index (χ1) is 9.01. The van der Waals surface area contributed by atoms with Crippen LogP contribution >= 0.6 is 0 Å². The van der Waals surface area contributed by atoms with E-state index in [9.17, 15) is 9.59 Å². The third-order valence-electron chi connectivity index (χ3n) is 3.14. The number of aromatic nitrogens is 2. The first-order valence-electron chi connectivity index (χ1n) is 5.96. The van der Waals surface area contributed by atoms with Gasteiger partial charge in [-0.25, -0.2) is 4.79 Å². The predicted molar refractivity (Wildman–Crippen MR) is 72.0 cm³/mol. The fourth-order valence-corrected chi connectivity index (χ4v) is 2.10. The normalized spacial score (nSPS) is 12.8. The van der Waals surface area contributed by atoms with Crippen molar-refractivity contribution in [1.29, 1.82) is 0 Å². The third-order valence-corrected chi connectivity index (χ3v) is 3.14. The van der Waals surface area contributed by atoms with Gasteiger partial charge in [-0.05, 0) is 31.8 Å². The molecule has 0 fully saturated rings. The maximum Gasteiger partial charge on any atom is 0.323 e. The van der Waals surface area contributed by atoms with Crippen LogP contribution in [0.5, 0.6) is 0 Å². The van der Waals surface area contributed by atoms with Crippen LogP contribution in [-0.2, 0) is 9.53 Å². The van der Waals surface area contributed by atoms with Crippen LogP contribution in [0.15, 0.2) is 23.0 Å². The van der Waals surface area contributed by atoms with E-state index >= 15 is 0 Å². The Labute approximate surface area is 110 Å². The summed E-state index contributed by atoms with van der Waals surface area (Å²) in [6.07, 6.45) is 0.268. The molecule has 2 aromatic rings. The molecular weight excluding hydrogens is 246 g/mol. The Kier molecular flexibility index (Phi) is 3.71. The van der Waals surface area contributed by atoms with Crippen molar-refractivity contribution in [3.8, 4) is 0 Å². The van der Waals surface area contributed by atoms with Gasteiger partial charge in [0.1, 0.15) is 0 Å². The highest BCUT2D eigenvalue weighted by Crippen LogP contribution is 2.24. The Morgan fingerprint density at radius 3 is 2.63 bits per heavy atom. The maximum absolute atomic E-state index is 11.5. The molecule has 0 aliphatic rings. The van der Waals surface area contributed by atoms with Gasteiger partial charge in [-0.2, -0.15) is 0 Å². The van der Waals surface area contributed by atoms with Gasteiger partial charge >= 0.3 is 11.7 Å². The molecule has 19 heavy (non-hydrogen) atoms. The van der Waals surface area contributed by atoms with E-state index in [4.69, 9.17) is 4.74 Å². The standard InChI is InChI=1S/C13H17N3O3/c1-16(2)11(7-12(17)19-3)8-4-5-9-10(6-8)15-13(18)14-9/h4-6,11H,7H2,1-3H3,(H2,14,15,18). The molecule has 1 atom stereocenters. The van der Waals surface area contributed by atoms with Gasteiger partial charge in [-0.1, -0.05) is 6.07 Å². The van der Waals surface area contributed by atoms with Crippen molar-refractivity contribution in [3.63, 3.8) is 0 Å². The van der Waals surface area contributed by atoms with Crippen molar-refractivity contribution in [1.82, 2.24) is 14.9 Å². The molecule has 1 aromatic heterocycles. The van der Waals surface area contributed by atoms with Crippen molar-refractivity contribution in [3.05, 3.63) is 34.2 Å². The van der Waals surface area contributed by atoms with Gasteiger partial charge in [0.2, 0.25) is 0 Å². The number of nitrogens with zero attached hydrogens (tertiary/aromatic N) is 1. The van der Waals surface area contributed by atoms with E-state index in [0.717, 1.165) is 16.6 Å². The molecule has 0 aliphatic heterocycles. The number of esters is 1. The molecule has 0 aliphatic carbocycles. The van der Waals surface area contributed by atoms with Gasteiger partial charge < -0.3 is 19.6 Å². The summed E-state index contributed by atoms with van der Waals surface area (Å²) in [4.78, 5) is 30.0. The van der Waals surface area contributed by atoms with Crippen LogP contribution in [0.25, 0.3) is 11.0 Å². The number of carbonyl (C=O) groups excluding carboxylic acids is 1. The Morgan fingerprint density at radius 2 is 2.00 bits per heavy atom. The first-order valence-corrected chi connectivity index (χ1v) is 5.96. The van der Waals surface area contributed by atoms with Crippen LogP contribution in [0.3, 0.4) is 0 Å². The van der Waals surface area contributed by atoms with E-state index in [-0.39, 0.29) is 24.1 Å². The topological polar surface area (TPSA) is 78.2 Å². The first kappa shape index (κ1) is 13.4. The summed E-state index contributed by atoms with van der Waals surface area (Å²) in [6.45, 7) is 0. The highest BCUT2D eigenvalue weighted by Gasteiger charge is 2.19. The van der Waals surface area contributed by atoms with Gasteiger partial charge in [0, 0.05) is 6.04 Å². The summed E-state index contributed by atoms with van der Waals surface area (Å²) in [7, 11) is 5.18. The number of methoxy groups -OCH3 is 1. The van der Waals surface area contributed by atoms with E-state index in [1.54, 1.807) is 0 Å². The van der Waals surface area contributed by atoms with Crippen LogP contribution in [0.1, 0.15) is 18.0 Å². The Balaban J connectivity index is 2.38. The number of carbonyl (C=O) groups is 1. The molecule has 1 unspecified atom stereocenters. The Hall–Kier alpha value is -2.08. The lowest BCUT2D eigenvalue weighted by Crippen LogP contribution is -2.23. The van der Waals surface area contributed by atoms with Crippen molar-refractivity contribution >= 4 is 17.0 Å². The average molecular weight is 263 g/mol. The van der Waals surface area contributed by atoms with Crippen LogP contribution in [0.2, 0.25) is 0 Å². The fraction of sp³-hybridized carbons (Fsp3) is 0.385. The molecule has 0 saturated heterocycles. The lowest BCUT2D eigenvalue weighted by molar-refractivity contribution is -0.141. The van der Waals surface area contributed by atoms with Crippen molar-refractivity contribution in [2.24, 2.45) is 0 Å². The number of imidazole rings is 1. The van der Waals surface area contributed by atoms with Gasteiger partial charge in [0.15, 0.2) is 0 Å². The van der Waals surface area contributed by atoms with Crippen molar-refractivity contribution < 1.29 is 9.53 Å². The second-order valence-corrected chi connectivity index (χ2v) is 4.64. The maximum atomic E-state index is 11.5. The van der Waals surface area contributed by atoms with Gasteiger partial charge in [0.05, 0.1) is 24.6 Å². The van der Waals surface area contributed by atoms with Crippen LogP contribution in [-0.4, -0.2) is 42.0 Å². The molecule has 2 N–H and O–H groups in total. The van der Waals surface area contributed by atoms with Gasteiger partial charge in [-0.3, -0.25) is 4.79 Å². The molecule has 6 nitrogen and oxygen atoms in total. The summed E-state index contributed by atoms with van der Waals surface area (Å²) in [5.74, 6) is -0.263. The fourth-order valence-electron chi connectivity index (χ4n) is 2.10. The number of ether oxygens (including phenoxy) is 1. The van der Waals surface area contributed by atoms with E-state index in [1.165, 1.54) is 7.11 Å². The quantitative estimate of drug-likeness (QED) is 0.807. The number of benzene rings is 1. The molecule has 6 heteroatoms. The van der Waals surface area contributed by atoms with Gasteiger partial charge in [0.25, 0.3) is 0 Å². The molecule has 0 radical (unpaired) electrons. The van der Waals surface area contributed by atoms with Crippen LogP contribution < -0.4 is 5.69 Å². The molecule has 0 saturated carbocycles. The molecule has 0 amide bonds. The SMILES string of the molecule is COC(=O)CC(c1ccc2[nH]c(=O)[nH]c2c1)N(C)C. The number of hydrogen-bond acceptors (Lipinski definition) is 4. The Morgan fingerprint density at radius 1 is 1.32 bits per heavy atom. The zero-order chi connectivity index (χ0) is 14.0. The zero-order valence-electron chi connectivity index (χ0n) is 11.2. The number of H-pyrrole nitrogens is 2. The zero-order valence-corrected chi connectivity index (χ0v) is 11.2. The average Bonchev–Trinajstić information content (AvgIpc) is 2.74. The Bertz CT molecular complexity index is 642. The van der Waals surface area contributed by atoms with E-state index < -0.39 is 0 Å². The molecule has 1 heterocycles. The molecule has 1 aromatic carbocycles. The van der Waals surface area contributed by atoms with Crippen LogP contribution in [0, 0.1) is 0 Å². The number of fused-ring (bicyclic) bond motifs is 1. The lowest BCUT2D eigenvalue weighted by Gasteiger charge is -2.23. The smallest absolute Gasteiger partial charge is 0.323 e. The predicted octanol–water partition coefficient (Wildman–Crippen LogP) is 1.02. The summed E-state index contributed by atoms with van der Waals surface area (Å²) in [5.41, 5.74) is 2.21. The van der Waals surface area contributed by atoms with E-state index in [1.807, 2.05) is 37.2 Å². The highest BCUT2D eigenvalue weighted by molar-refractivity contribution is 5.76. The molecular formula is C13H17N3O3. The molecule has 0 spiro atoms. The monoisotopic (exact) mass is 263 g/mol. The number of nitrogens with one attached hydrogen (secondary N) is 2. The summed E-state index contributed by atoms with van der Waals surface area (Å²) < 4.78 is 4.71. The third kappa shape index (κ3) is 2.85. The highest BCUT2D eigenvalue weighted by atomic mass is 16.5.